The zero-order valence-electron chi connectivity index (χ0n) is 23.6. The van der Waals surface area contributed by atoms with Crippen molar-refractivity contribution in [3.8, 4) is 0 Å². The molecule has 0 saturated heterocycles. The normalized spacial score (nSPS) is 22.0. The van der Waals surface area contributed by atoms with Gasteiger partial charge in [0.05, 0.1) is 0 Å². The summed E-state index contributed by atoms with van der Waals surface area (Å²) in [4.78, 5) is 75.7. The number of aromatic nitrogens is 1. The SMILES string of the molecule is CNC(=O)C(=O)CCC(NC(=O)c1ccc(Cl)o1)C(=O)Nc1cccn(CC(=O)NC2C(C)CC3CCCC2C3)c1=O. The van der Waals surface area contributed by atoms with Crippen molar-refractivity contribution in [1.29, 1.82) is 0 Å². The molecule has 4 amide bonds. The molecule has 5 unspecified atom stereocenters. The minimum atomic E-state index is -1.31. The highest BCUT2D eigenvalue weighted by Crippen LogP contribution is 2.42. The molecule has 2 bridgehead atoms. The Labute approximate surface area is 247 Å². The molecule has 4 rings (SSSR count). The van der Waals surface area contributed by atoms with Crippen molar-refractivity contribution in [3.05, 3.63) is 51.8 Å². The summed E-state index contributed by atoms with van der Waals surface area (Å²) in [5.74, 6) is -2.12. The predicted molar refractivity (Wildman–Crippen MR) is 154 cm³/mol. The number of hydrogen-bond donors (Lipinski definition) is 4. The number of rotatable bonds is 11. The van der Waals surface area contributed by atoms with Gasteiger partial charge in [0.25, 0.3) is 17.4 Å². The van der Waals surface area contributed by atoms with Crippen LogP contribution in [0.2, 0.25) is 5.22 Å². The van der Waals surface area contributed by atoms with Gasteiger partial charge in [-0.15, -0.1) is 0 Å². The van der Waals surface area contributed by atoms with Gasteiger partial charge in [-0.25, -0.2) is 0 Å². The molecule has 0 aromatic carbocycles. The summed E-state index contributed by atoms with van der Waals surface area (Å²) in [7, 11) is 1.30. The number of nitrogens with zero attached hydrogens (tertiary/aromatic N) is 1. The monoisotopic (exact) mass is 601 g/mol. The Bertz CT molecular complexity index is 1400. The first-order valence-electron chi connectivity index (χ1n) is 14.2. The van der Waals surface area contributed by atoms with E-state index < -0.39 is 35.1 Å². The van der Waals surface area contributed by atoms with Crippen LogP contribution in [0, 0.1) is 17.8 Å². The lowest BCUT2D eigenvalue weighted by Gasteiger charge is -2.44. The van der Waals surface area contributed by atoms with Gasteiger partial charge < -0.3 is 30.3 Å². The molecular formula is C29H36ClN5O7. The summed E-state index contributed by atoms with van der Waals surface area (Å²) in [6.07, 6.45) is 6.60. The third-order valence-corrected chi connectivity index (χ3v) is 8.33. The van der Waals surface area contributed by atoms with Crippen molar-refractivity contribution in [3.63, 3.8) is 0 Å². The fourth-order valence-corrected chi connectivity index (χ4v) is 6.24. The molecular weight excluding hydrogens is 566 g/mol. The highest BCUT2D eigenvalue weighted by molar-refractivity contribution is 6.36. The second-order valence-corrected chi connectivity index (χ2v) is 11.5. The van der Waals surface area contributed by atoms with Gasteiger partial charge in [0, 0.05) is 25.7 Å². The van der Waals surface area contributed by atoms with Gasteiger partial charge in [0.1, 0.15) is 18.3 Å². The largest absolute Gasteiger partial charge is 0.440 e. The number of halogens is 1. The number of Topliss-reactive ketones (excluding diaryl/α,β-unsaturated/α-hetero) is 1. The molecule has 2 saturated carbocycles. The van der Waals surface area contributed by atoms with E-state index in [0.717, 1.165) is 25.2 Å². The molecule has 13 heteroatoms. The molecule has 226 valence electrons. The smallest absolute Gasteiger partial charge is 0.287 e. The summed E-state index contributed by atoms with van der Waals surface area (Å²) in [5, 5.41) is 10.3. The highest BCUT2D eigenvalue weighted by atomic mass is 35.5. The molecule has 2 aromatic rings. The molecule has 2 aromatic heterocycles. The summed E-state index contributed by atoms with van der Waals surface area (Å²) in [6, 6.07) is 4.32. The molecule has 4 N–H and O–H groups in total. The average molecular weight is 602 g/mol. The lowest BCUT2D eigenvalue weighted by atomic mass is 9.65. The van der Waals surface area contributed by atoms with Crippen molar-refractivity contribution < 1.29 is 28.4 Å². The van der Waals surface area contributed by atoms with E-state index in [2.05, 4.69) is 28.2 Å². The lowest BCUT2D eigenvalue weighted by molar-refractivity contribution is -0.137. The second kappa shape index (κ2) is 13.8. The third-order valence-electron chi connectivity index (χ3n) is 8.13. The molecule has 2 aliphatic rings. The van der Waals surface area contributed by atoms with Crippen LogP contribution in [0.3, 0.4) is 0 Å². The van der Waals surface area contributed by atoms with E-state index in [1.165, 1.54) is 54.9 Å². The minimum Gasteiger partial charge on any atom is -0.440 e. The topological polar surface area (TPSA) is 169 Å². The van der Waals surface area contributed by atoms with Crippen LogP contribution in [0.1, 0.15) is 62.4 Å². The van der Waals surface area contributed by atoms with Crippen molar-refractivity contribution in [2.45, 2.75) is 70.5 Å². The number of likely N-dealkylation sites (N-methyl/N-ethyl adjacent to an activating group) is 1. The number of carbonyl (C=O) groups is 5. The fourth-order valence-electron chi connectivity index (χ4n) is 6.10. The summed E-state index contributed by atoms with van der Waals surface area (Å²) < 4.78 is 6.28. The molecule has 12 nitrogen and oxygen atoms in total. The van der Waals surface area contributed by atoms with Crippen LogP contribution in [-0.4, -0.2) is 53.1 Å². The van der Waals surface area contributed by atoms with Gasteiger partial charge in [-0.05, 0) is 79.3 Å². The van der Waals surface area contributed by atoms with E-state index in [9.17, 15) is 28.8 Å². The zero-order valence-corrected chi connectivity index (χ0v) is 24.4. The number of hydrogen-bond acceptors (Lipinski definition) is 7. The van der Waals surface area contributed by atoms with Crippen LogP contribution in [0.5, 0.6) is 0 Å². The molecule has 2 heterocycles. The number of ketones is 1. The number of furan rings is 1. The van der Waals surface area contributed by atoms with Crippen LogP contribution >= 0.6 is 11.6 Å². The Morgan fingerprint density at radius 1 is 1.12 bits per heavy atom. The average Bonchev–Trinajstić information content (AvgIpc) is 3.41. The first kappa shape index (κ1) is 31.0. The molecule has 42 heavy (non-hydrogen) atoms. The molecule has 5 atom stereocenters. The fraction of sp³-hybridized carbons (Fsp3) is 0.517. The first-order chi connectivity index (χ1) is 20.0. The van der Waals surface area contributed by atoms with Gasteiger partial charge in [0.2, 0.25) is 17.6 Å². The third kappa shape index (κ3) is 7.67. The Kier molecular flexibility index (Phi) is 10.2. The molecule has 0 aliphatic heterocycles. The maximum absolute atomic E-state index is 13.2. The Morgan fingerprint density at radius 2 is 1.90 bits per heavy atom. The van der Waals surface area contributed by atoms with Crippen molar-refractivity contribution >= 4 is 46.7 Å². The van der Waals surface area contributed by atoms with Crippen LogP contribution in [0.4, 0.5) is 5.69 Å². The lowest BCUT2D eigenvalue weighted by Crippen LogP contribution is -2.50. The zero-order chi connectivity index (χ0) is 30.4. The number of pyridine rings is 1. The quantitative estimate of drug-likeness (QED) is 0.286. The van der Waals surface area contributed by atoms with E-state index in [1.54, 1.807) is 0 Å². The summed E-state index contributed by atoms with van der Waals surface area (Å²) in [6.45, 7) is 1.94. The Morgan fingerprint density at radius 3 is 2.62 bits per heavy atom. The maximum atomic E-state index is 13.2. The van der Waals surface area contributed by atoms with Gasteiger partial charge in [-0.3, -0.25) is 28.8 Å². The number of amides is 4. The Hall–Kier alpha value is -3.93. The summed E-state index contributed by atoms with van der Waals surface area (Å²) in [5.41, 5.74) is -0.728. The van der Waals surface area contributed by atoms with Crippen LogP contribution in [0.25, 0.3) is 0 Å². The van der Waals surface area contributed by atoms with E-state index in [0.29, 0.717) is 11.8 Å². The minimum absolute atomic E-state index is 0.0364. The number of carbonyl (C=O) groups excluding carboxylic acids is 5. The number of fused-ring (bicyclic) bond motifs is 2. The van der Waals surface area contributed by atoms with Gasteiger partial charge in [-0.1, -0.05) is 19.8 Å². The van der Waals surface area contributed by atoms with Crippen molar-refractivity contribution in [2.75, 3.05) is 12.4 Å². The van der Waals surface area contributed by atoms with Gasteiger partial charge in [-0.2, -0.15) is 0 Å². The second-order valence-electron chi connectivity index (χ2n) is 11.1. The Balaban J connectivity index is 1.43. The molecule has 2 fully saturated rings. The van der Waals surface area contributed by atoms with E-state index in [1.807, 2.05) is 0 Å². The predicted octanol–water partition coefficient (Wildman–Crippen LogP) is 2.26. The molecule has 0 radical (unpaired) electrons. The highest BCUT2D eigenvalue weighted by Gasteiger charge is 2.38. The first-order valence-corrected chi connectivity index (χ1v) is 14.5. The van der Waals surface area contributed by atoms with Crippen LogP contribution in [0.15, 0.2) is 39.7 Å². The van der Waals surface area contributed by atoms with E-state index in [-0.39, 0.29) is 48.0 Å². The number of nitrogens with one attached hydrogen (secondary N) is 4. The molecule has 2 aliphatic carbocycles. The van der Waals surface area contributed by atoms with Crippen LogP contribution < -0.4 is 26.8 Å². The molecule has 0 spiro atoms. The van der Waals surface area contributed by atoms with Crippen molar-refractivity contribution in [2.24, 2.45) is 17.8 Å². The number of anilines is 1. The van der Waals surface area contributed by atoms with E-state index >= 15 is 0 Å². The standard InChI is InChI=1S/C29H36ClN5O7/c1-16-13-17-5-3-6-18(14-17)25(16)34-24(37)15-35-12-4-7-20(29(35)41)33-26(38)19(8-9-21(36)27(39)31-2)32-28(40)22-10-11-23(30)42-22/h4,7,10-12,16-19,25H,3,5-6,8-9,13-15H2,1-2H3,(H,31,39)(H,32,40)(H,33,38)(H,34,37). The summed E-state index contributed by atoms with van der Waals surface area (Å²) >= 11 is 5.74. The van der Waals surface area contributed by atoms with Gasteiger partial charge in [0.15, 0.2) is 11.0 Å². The van der Waals surface area contributed by atoms with Crippen molar-refractivity contribution in [1.82, 2.24) is 20.5 Å². The van der Waals surface area contributed by atoms with E-state index in [4.69, 9.17) is 16.0 Å². The maximum Gasteiger partial charge on any atom is 0.287 e. The van der Waals surface area contributed by atoms with Crippen LogP contribution in [-0.2, 0) is 25.7 Å². The van der Waals surface area contributed by atoms with Gasteiger partial charge >= 0.3 is 0 Å².